The molecule has 1 amide bonds. The molecule has 0 fully saturated rings. The van der Waals surface area contributed by atoms with E-state index in [1.807, 2.05) is 0 Å². The number of amides is 1. The van der Waals surface area contributed by atoms with Crippen molar-refractivity contribution in [1.29, 1.82) is 0 Å². The normalized spacial score (nSPS) is 17.3. The minimum atomic E-state index is -0.316. The molecule has 0 saturated carbocycles. The molecule has 48 valence electrons. The zero-order chi connectivity index (χ0) is 6.69. The Hall–Kier alpha value is -1.25. The average molecular weight is 124 g/mol. The highest BCUT2D eigenvalue weighted by Gasteiger charge is 2.07. The fraction of sp³-hybridized carbons (Fsp3) is 0.167. The van der Waals surface area contributed by atoms with E-state index in [1.54, 1.807) is 24.6 Å². The van der Waals surface area contributed by atoms with Crippen molar-refractivity contribution in [3.8, 4) is 0 Å². The van der Waals surface area contributed by atoms with Crippen molar-refractivity contribution in [3.63, 3.8) is 0 Å². The molecule has 1 rings (SSSR count). The van der Waals surface area contributed by atoms with Crippen molar-refractivity contribution in [2.75, 3.05) is 0 Å². The molecule has 3 nitrogen and oxygen atoms in total. The van der Waals surface area contributed by atoms with Crippen LogP contribution in [-0.2, 0) is 4.79 Å². The van der Waals surface area contributed by atoms with Crippen molar-refractivity contribution in [2.24, 2.45) is 11.7 Å². The first kappa shape index (κ1) is 5.88. The maximum atomic E-state index is 10.4. The van der Waals surface area contributed by atoms with Gasteiger partial charge in [0.1, 0.15) is 0 Å². The lowest BCUT2D eigenvalue weighted by Crippen LogP contribution is -2.22. The molecule has 0 aliphatic carbocycles. The summed E-state index contributed by atoms with van der Waals surface area (Å²) in [5.74, 6) is -0.546. The van der Waals surface area contributed by atoms with E-state index in [9.17, 15) is 4.79 Å². The van der Waals surface area contributed by atoms with Crippen LogP contribution in [0, 0.1) is 5.92 Å². The summed E-state index contributed by atoms with van der Waals surface area (Å²) in [7, 11) is 0. The van der Waals surface area contributed by atoms with Gasteiger partial charge in [-0.3, -0.25) is 4.79 Å². The fourth-order valence-corrected chi connectivity index (χ4v) is 0.628. The van der Waals surface area contributed by atoms with Crippen LogP contribution in [0.5, 0.6) is 0 Å². The van der Waals surface area contributed by atoms with Gasteiger partial charge in [-0.05, 0) is 12.4 Å². The first-order chi connectivity index (χ1) is 4.30. The number of nitrogens with one attached hydrogen (secondary N) is 1. The highest BCUT2D eigenvalue weighted by atomic mass is 16.1. The molecule has 0 atom stereocenters. The Labute approximate surface area is 53.2 Å². The van der Waals surface area contributed by atoms with Crippen LogP contribution in [0.25, 0.3) is 0 Å². The lowest BCUT2D eigenvalue weighted by atomic mass is 10.1. The van der Waals surface area contributed by atoms with Gasteiger partial charge in [0.15, 0.2) is 0 Å². The monoisotopic (exact) mass is 124 g/mol. The first-order valence-corrected chi connectivity index (χ1v) is 2.69. The number of rotatable bonds is 1. The molecule has 0 bridgehead atoms. The molecule has 0 unspecified atom stereocenters. The van der Waals surface area contributed by atoms with E-state index >= 15 is 0 Å². The molecule has 1 aliphatic rings. The van der Waals surface area contributed by atoms with Crippen LogP contribution < -0.4 is 11.1 Å². The lowest BCUT2D eigenvalue weighted by Gasteiger charge is -2.05. The molecular weight excluding hydrogens is 116 g/mol. The summed E-state index contributed by atoms with van der Waals surface area (Å²) in [5, 5.41) is 2.80. The first-order valence-electron chi connectivity index (χ1n) is 2.69. The van der Waals surface area contributed by atoms with Crippen LogP contribution in [0.2, 0.25) is 0 Å². The van der Waals surface area contributed by atoms with E-state index in [0.29, 0.717) is 0 Å². The summed E-state index contributed by atoms with van der Waals surface area (Å²) in [6.45, 7) is 0. The number of hydrogen-bond acceptors (Lipinski definition) is 2. The van der Waals surface area contributed by atoms with Gasteiger partial charge in [-0.2, -0.15) is 0 Å². The molecular formula is C6H8N2O. The number of primary amides is 1. The third-order valence-corrected chi connectivity index (χ3v) is 1.13. The summed E-state index contributed by atoms with van der Waals surface area (Å²) >= 11 is 0. The highest BCUT2D eigenvalue weighted by molar-refractivity contribution is 5.80. The summed E-state index contributed by atoms with van der Waals surface area (Å²) in [5.41, 5.74) is 5.00. The summed E-state index contributed by atoms with van der Waals surface area (Å²) in [6, 6.07) is 0. The van der Waals surface area contributed by atoms with Crippen LogP contribution in [0.15, 0.2) is 24.6 Å². The van der Waals surface area contributed by atoms with Gasteiger partial charge in [0, 0.05) is 0 Å². The quantitative estimate of drug-likeness (QED) is 0.505. The third kappa shape index (κ3) is 1.32. The topological polar surface area (TPSA) is 55.1 Å². The Bertz CT molecular complexity index is 160. The predicted octanol–water partition coefficient (Wildman–Crippen LogP) is -0.282. The second-order valence-corrected chi connectivity index (χ2v) is 1.81. The SMILES string of the molecule is NC(=O)C1C=CNC=C1. The lowest BCUT2D eigenvalue weighted by molar-refractivity contribution is -0.119. The van der Waals surface area contributed by atoms with E-state index in [0.717, 1.165) is 0 Å². The van der Waals surface area contributed by atoms with Gasteiger partial charge < -0.3 is 11.1 Å². The Kier molecular flexibility index (Phi) is 1.53. The molecule has 0 saturated heterocycles. The summed E-state index contributed by atoms with van der Waals surface area (Å²) in [6.07, 6.45) is 6.80. The number of nitrogens with two attached hydrogens (primary N) is 1. The number of hydrogen-bond donors (Lipinski definition) is 2. The maximum Gasteiger partial charge on any atom is 0.228 e. The van der Waals surface area contributed by atoms with Gasteiger partial charge in [-0.1, -0.05) is 12.2 Å². The van der Waals surface area contributed by atoms with E-state index in [2.05, 4.69) is 5.32 Å². The van der Waals surface area contributed by atoms with Crippen molar-refractivity contribution >= 4 is 5.91 Å². The molecule has 1 aliphatic heterocycles. The zero-order valence-electron chi connectivity index (χ0n) is 4.87. The summed E-state index contributed by atoms with van der Waals surface area (Å²) < 4.78 is 0. The van der Waals surface area contributed by atoms with Gasteiger partial charge >= 0.3 is 0 Å². The minimum Gasteiger partial charge on any atom is -0.369 e. The maximum absolute atomic E-state index is 10.4. The van der Waals surface area contributed by atoms with Crippen molar-refractivity contribution in [1.82, 2.24) is 5.32 Å². The van der Waals surface area contributed by atoms with E-state index in [1.165, 1.54) is 0 Å². The zero-order valence-corrected chi connectivity index (χ0v) is 4.87. The molecule has 3 N–H and O–H groups in total. The van der Waals surface area contributed by atoms with E-state index < -0.39 is 0 Å². The molecule has 0 spiro atoms. The number of carbonyl (C=O) groups excluding carboxylic acids is 1. The van der Waals surface area contributed by atoms with Gasteiger partial charge in [-0.15, -0.1) is 0 Å². The molecule has 0 radical (unpaired) electrons. The largest absolute Gasteiger partial charge is 0.369 e. The number of carbonyl (C=O) groups is 1. The smallest absolute Gasteiger partial charge is 0.228 e. The van der Waals surface area contributed by atoms with Crippen molar-refractivity contribution < 1.29 is 4.79 Å². The van der Waals surface area contributed by atoms with Gasteiger partial charge in [0.2, 0.25) is 5.91 Å². The number of dihydropyridines is 1. The van der Waals surface area contributed by atoms with Gasteiger partial charge in [0.05, 0.1) is 5.92 Å². The van der Waals surface area contributed by atoms with Crippen molar-refractivity contribution in [3.05, 3.63) is 24.6 Å². The van der Waals surface area contributed by atoms with Crippen molar-refractivity contribution in [2.45, 2.75) is 0 Å². The predicted molar refractivity (Wildman–Crippen MR) is 34.1 cm³/mol. The van der Waals surface area contributed by atoms with Gasteiger partial charge in [0.25, 0.3) is 0 Å². The Balaban J connectivity index is 2.60. The fourth-order valence-electron chi connectivity index (χ4n) is 0.628. The molecule has 9 heavy (non-hydrogen) atoms. The van der Waals surface area contributed by atoms with Crippen LogP contribution in [0.4, 0.5) is 0 Å². The van der Waals surface area contributed by atoms with E-state index in [4.69, 9.17) is 5.73 Å². The molecule has 0 aromatic rings. The van der Waals surface area contributed by atoms with Crippen LogP contribution >= 0.6 is 0 Å². The molecule has 1 heterocycles. The van der Waals surface area contributed by atoms with Gasteiger partial charge in [-0.25, -0.2) is 0 Å². The second kappa shape index (κ2) is 2.35. The van der Waals surface area contributed by atoms with Crippen LogP contribution in [-0.4, -0.2) is 5.91 Å². The second-order valence-electron chi connectivity index (χ2n) is 1.81. The Morgan fingerprint density at radius 3 is 2.33 bits per heavy atom. The van der Waals surface area contributed by atoms with Crippen LogP contribution in [0.1, 0.15) is 0 Å². The van der Waals surface area contributed by atoms with Crippen LogP contribution in [0.3, 0.4) is 0 Å². The average Bonchev–Trinajstić information content (AvgIpc) is 1.90. The third-order valence-electron chi connectivity index (χ3n) is 1.13. The Morgan fingerprint density at radius 1 is 1.44 bits per heavy atom. The minimum absolute atomic E-state index is 0.230. The Morgan fingerprint density at radius 2 is 2.00 bits per heavy atom. The molecule has 0 aromatic heterocycles. The van der Waals surface area contributed by atoms with E-state index in [-0.39, 0.29) is 11.8 Å². The molecule has 3 heteroatoms. The molecule has 0 aromatic carbocycles. The highest BCUT2D eigenvalue weighted by Crippen LogP contribution is 2.01. The summed E-state index contributed by atoms with van der Waals surface area (Å²) in [4.78, 5) is 10.4. The standard InChI is InChI=1S/C6H8N2O/c7-6(9)5-1-3-8-4-2-5/h1-5,8H,(H2,7,9).